The molecule has 14 rings (SSSR count). The number of pyridine rings is 1. The number of benzene rings is 4. The topological polar surface area (TPSA) is 199 Å². The Labute approximate surface area is 393 Å². The van der Waals surface area contributed by atoms with Gasteiger partial charge in [-0.05, 0) is 66.2 Å². The fourth-order valence-electron chi connectivity index (χ4n) is 16.6. The maximum absolute atomic E-state index is 14.7. The number of fused-ring (bicyclic) bond motifs is 24. The van der Waals surface area contributed by atoms with Crippen LogP contribution in [-0.2, 0) is 43.0 Å². The molecule has 9 aliphatic rings. The van der Waals surface area contributed by atoms with E-state index in [1.807, 2.05) is 60.7 Å². The molecule has 6 heterocycles. The van der Waals surface area contributed by atoms with Crippen molar-refractivity contribution in [3.05, 3.63) is 96.1 Å². The van der Waals surface area contributed by atoms with E-state index in [2.05, 4.69) is 5.32 Å². The molecule has 4 aromatic carbocycles. The Bertz CT molecular complexity index is 3090. The van der Waals surface area contributed by atoms with E-state index in [9.17, 15) is 38.4 Å². The molecule has 8 fully saturated rings. The highest BCUT2D eigenvalue weighted by Crippen LogP contribution is 2.83. The first-order valence-electron chi connectivity index (χ1n) is 23.9. The van der Waals surface area contributed by atoms with Gasteiger partial charge in [-0.2, -0.15) is 0 Å². The van der Waals surface area contributed by atoms with Gasteiger partial charge in [0, 0.05) is 77.1 Å². The van der Waals surface area contributed by atoms with E-state index in [1.54, 1.807) is 24.3 Å². The summed E-state index contributed by atoms with van der Waals surface area (Å²) < 4.78 is 18.3. The lowest BCUT2D eigenvalue weighted by atomic mass is 9.47. The van der Waals surface area contributed by atoms with Gasteiger partial charge in [-0.3, -0.25) is 43.5 Å². The highest BCUT2D eigenvalue weighted by Gasteiger charge is 2.93. The number of ether oxygens (including phenoxy) is 3. The Kier molecular flexibility index (Phi) is 8.19. The van der Waals surface area contributed by atoms with E-state index in [1.165, 1.54) is 19.1 Å². The van der Waals surface area contributed by atoms with Gasteiger partial charge >= 0.3 is 11.9 Å². The van der Waals surface area contributed by atoms with Crippen LogP contribution in [-0.4, -0.2) is 119 Å². The Morgan fingerprint density at radius 2 is 1.00 bits per heavy atom. The molecule has 4 saturated heterocycles. The zero-order chi connectivity index (χ0) is 47.2. The first-order valence-corrected chi connectivity index (χ1v) is 23.9. The van der Waals surface area contributed by atoms with Crippen molar-refractivity contribution in [3.8, 4) is 0 Å². The third-order valence-corrected chi connectivity index (χ3v) is 18.5. The molecule has 6 bridgehead atoms. The molecule has 0 radical (unpaired) electrons. The molecule has 348 valence electrons. The number of nitrogens with zero attached hydrogens (tertiary/aromatic N) is 4. The van der Waals surface area contributed by atoms with Crippen molar-refractivity contribution in [3.63, 3.8) is 0 Å². The lowest BCUT2D eigenvalue weighted by Crippen LogP contribution is -2.64. The molecule has 4 saturated carbocycles. The molecule has 5 aliphatic heterocycles. The Morgan fingerprint density at radius 3 is 1.45 bits per heavy atom. The number of rotatable bonds is 9. The van der Waals surface area contributed by atoms with Crippen molar-refractivity contribution in [2.75, 3.05) is 45.7 Å². The third kappa shape index (κ3) is 4.71. The van der Waals surface area contributed by atoms with Crippen LogP contribution in [0.5, 0.6) is 0 Å². The van der Waals surface area contributed by atoms with Gasteiger partial charge in [0.05, 0.1) is 54.6 Å². The molecule has 0 spiro atoms. The van der Waals surface area contributed by atoms with Crippen LogP contribution in [0.15, 0.2) is 84.9 Å². The summed E-state index contributed by atoms with van der Waals surface area (Å²) >= 11 is 0. The first kappa shape index (κ1) is 40.9. The number of para-hydroxylation sites is 2. The summed E-state index contributed by atoms with van der Waals surface area (Å²) in [7, 11) is 2.52. The van der Waals surface area contributed by atoms with Gasteiger partial charge in [0.1, 0.15) is 0 Å². The highest BCUT2D eigenvalue weighted by molar-refractivity contribution is 6.25. The van der Waals surface area contributed by atoms with Crippen molar-refractivity contribution >= 4 is 85.6 Å². The monoisotopic (exact) mass is 927 g/mol. The molecule has 14 unspecified atom stereocenters. The van der Waals surface area contributed by atoms with Gasteiger partial charge in [-0.15, -0.1) is 0 Å². The SMILES string of the molecule is COC(=O)C12OC(C(=O)OC)(C3C4CC(C5C(=O)N(CCNc6c7ccccc7nc7ccccc67)C(=O)C45)C31)C1C3CC(C4C(=O)N(CCN5C(=O)c6cccc7cccc(c67)C5=O)C(=O)C34)C12. The first-order chi connectivity index (χ1) is 33.5. The van der Waals surface area contributed by atoms with Crippen molar-refractivity contribution in [2.45, 2.75) is 24.0 Å². The molecule has 1 aromatic heterocycles. The molecular formula is C53H45N5O11. The molecule has 5 aromatic rings. The number of methoxy groups -OCH3 is 2. The standard InChI is InChI=1S/C53H45N5O11/c1-67-50(65)52-39-28-21-29(36-35(28)46(61)56(47(36)62)18-17-54-43-24-11-3-5-15-32(24)55-33-16-6-4-12-25(33)43)40(39)53(69-52,51(66)68-2)42-31-22-30(41(42)52)37-38(31)49(64)58(48(37)63)20-19-57-44(59)26-13-7-9-23-10-8-14-27(34(23)26)45(57)60/h3-16,28-31,35-42H,17-22H2,1-2H3,(H,54,55). The van der Waals surface area contributed by atoms with Crippen molar-refractivity contribution in [2.24, 2.45) is 71.0 Å². The number of nitrogens with one attached hydrogen (secondary N) is 1. The fourth-order valence-corrected chi connectivity index (χ4v) is 16.6. The number of carbonyl (C=O) groups excluding carboxylic acids is 8. The second kappa shape index (κ2) is 13.8. The van der Waals surface area contributed by atoms with Crippen LogP contribution in [0, 0.1) is 71.0 Å². The summed E-state index contributed by atoms with van der Waals surface area (Å²) in [4.78, 5) is 124. The van der Waals surface area contributed by atoms with Crippen LogP contribution in [0.1, 0.15) is 33.6 Å². The minimum atomic E-state index is -1.76. The number of aromatic nitrogens is 1. The zero-order valence-corrected chi connectivity index (χ0v) is 37.5. The van der Waals surface area contributed by atoms with Gasteiger partial charge in [-0.1, -0.05) is 60.7 Å². The number of hydrogen-bond acceptors (Lipinski definition) is 13. The van der Waals surface area contributed by atoms with Gasteiger partial charge < -0.3 is 19.5 Å². The number of hydrogen-bond donors (Lipinski definition) is 1. The highest BCUT2D eigenvalue weighted by atomic mass is 16.6. The van der Waals surface area contributed by atoms with Crippen LogP contribution in [0.25, 0.3) is 32.6 Å². The summed E-state index contributed by atoms with van der Waals surface area (Å²) in [5, 5.41) is 6.65. The summed E-state index contributed by atoms with van der Waals surface area (Å²) in [6, 6.07) is 26.0. The second-order valence-corrected chi connectivity index (χ2v) is 20.6. The van der Waals surface area contributed by atoms with Crippen molar-refractivity contribution in [1.82, 2.24) is 19.7 Å². The maximum atomic E-state index is 14.7. The number of likely N-dealkylation sites (tertiary alicyclic amines) is 2. The van der Waals surface area contributed by atoms with Crippen LogP contribution in [0.3, 0.4) is 0 Å². The minimum Gasteiger partial charge on any atom is -0.467 e. The summed E-state index contributed by atoms with van der Waals surface area (Å²) in [6.07, 6.45) is 0.799. The Morgan fingerprint density at radius 1 is 0.580 bits per heavy atom. The van der Waals surface area contributed by atoms with E-state index in [4.69, 9.17) is 19.2 Å². The predicted molar refractivity (Wildman–Crippen MR) is 242 cm³/mol. The minimum absolute atomic E-state index is 0.0915. The Hall–Kier alpha value is -7.07. The molecular weight excluding hydrogens is 883 g/mol. The third-order valence-electron chi connectivity index (χ3n) is 18.5. The number of imide groups is 3. The van der Waals surface area contributed by atoms with E-state index in [-0.39, 0.29) is 38.0 Å². The van der Waals surface area contributed by atoms with Gasteiger partial charge in [0.25, 0.3) is 11.8 Å². The summed E-state index contributed by atoms with van der Waals surface area (Å²) in [5.74, 6) is -12.2. The van der Waals surface area contributed by atoms with Gasteiger partial charge in [0.2, 0.25) is 23.6 Å². The van der Waals surface area contributed by atoms with Crippen LogP contribution in [0.4, 0.5) is 5.69 Å². The van der Waals surface area contributed by atoms with Crippen molar-refractivity contribution < 1.29 is 52.6 Å². The summed E-state index contributed by atoms with van der Waals surface area (Å²) in [6.45, 7) is -0.0799. The molecule has 6 amide bonds. The quantitative estimate of drug-likeness (QED) is 0.126. The fraction of sp³-hybridized carbons (Fsp3) is 0.415. The molecule has 1 N–H and O–H groups in total. The van der Waals surface area contributed by atoms with Gasteiger partial charge in [0.15, 0.2) is 11.2 Å². The molecule has 14 atom stereocenters. The average Bonchev–Trinajstić information content (AvgIpc) is 4.26. The largest absolute Gasteiger partial charge is 0.467 e. The normalized spacial score (nSPS) is 36.1. The predicted octanol–water partition coefficient (Wildman–Crippen LogP) is 4.08. The van der Waals surface area contributed by atoms with E-state index in [0.29, 0.717) is 29.4 Å². The van der Waals surface area contributed by atoms with E-state index < -0.39 is 118 Å². The average molecular weight is 928 g/mol. The Balaban J connectivity index is 0.765. The molecule has 16 heteroatoms. The zero-order valence-electron chi connectivity index (χ0n) is 37.5. The van der Waals surface area contributed by atoms with Crippen LogP contribution < -0.4 is 5.32 Å². The molecule has 4 aliphatic carbocycles. The number of esters is 2. The number of amides is 6. The molecule has 69 heavy (non-hydrogen) atoms. The second-order valence-electron chi connectivity index (χ2n) is 20.6. The maximum Gasteiger partial charge on any atom is 0.338 e. The van der Waals surface area contributed by atoms with Crippen molar-refractivity contribution in [1.29, 1.82) is 0 Å². The van der Waals surface area contributed by atoms with E-state index in [0.717, 1.165) is 42.7 Å². The molecule has 16 nitrogen and oxygen atoms in total. The van der Waals surface area contributed by atoms with Crippen LogP contribution in [0.2, 0.25) is 0 Å². The van der Waals surface area contributed by atoms with E-state index >= 15 is 0 Å². The lowest BCUT2D eigenvalue weighted by Gasteiger charge is -2.51. The smallest absolute Gasteiger partial charge is 0.338 e. The van der Waals surface area contributed by atoms with Crippen LogP contribution >= 0.6 is 0 Å². The number of carbonyl (C=O) groups is 8. The number of anilines is 1. The lowest BCUT2D eigenvalue weighted by molar-refractivity contribution is -0.188. The van der Waals surface area contributed by atoms with Gasteiger partial charge in [-0.25, -0.2) is 14.6 Å². The summed E-state index contributed by atoms with van der Waals surface area (Å²) in [5.41, 5.74) is -0.326.